The molecule has 2 atom stereocenters. The van der Waals surface area contributed by atoms with Crippen molar-refractivity contribution < 1.29 is 9.13 Å². The van der Waals surface area contributed by atoms with Crippen LogP contribution in [0.1, 0.15) is 32.3 Å². The lowest BCUT2D eigenvalue weighted by atomic mass is 10.0. The third kappa shape index (κ3) is 3.70. The van der Waals surface area contributed by atoms with Crippen molar-refractivity contribution in [3.8, 4) is 5.75 Å². The van der Waals surface area contributed by atoms with Crippen molar-refractivity contribution in [2.45, 2.75) is 45.3 Å². The van der Waals surface area contributed by atoms with Gasteiger partial charge in [0.2, 0.25) is 0 Å². The molecule has 2 rings (SSSR count). The van der Waals surface area contributed by atoms with E-state index < -0.39 is 0 Å². The van der Waals surface area contributed by atoms with E-state index in [2.05, 4.69) is 24.1 Å². The summed E-state index contributed by atoms with van der Waals surface area (Å²) in [5, 5.41) is 3.51. The van der Waals surface area contributed by atoms with Crippen LogP contribution in [0.5, 0.6) is 5.75 Å². The molecule has 0 aliphatic carbocycles. The van der Waals surface area contributed by atoms with Gasteiger partial charge < -0.3 is 10.1 Å². The third-order valence-electron chi connectivity index (χ3n) is 3.98. The van der Waals surface area contributed by atoms with Gasteiger partial charge in [-0.3, -0.25) is 4.90 Å². The van der Waals surface area contributed by atoms with E-state index in [9.17, 15) is 4.39 Å². The van der Waals surface area contributed by atoms with E-state index in [0.717, 1.165) is 31.5 Å². The van der Waals surface area contributed by atoms with Crippen molar-refractivity contribution in [3.05, 3.63) is 29.6 Å². The monoisotopic (exact) mass is 280 g/mol. The van der Waals surface area contributed by atoms with Crippen LogP contribution >= 0.6 is 0 Å². The Bertz CT molecular complexity index is 438. The summed E-state index contributed by atoms with van der Waals surface area (Å²) < 4.78 is 19.1. The molecule has 0 aromatic heterocycles. The molecule has 0 radical (unpaired) electrons. The molecule has 1 aromatic rings. The van der Waals surface area contributed by atoms with Gasteiger partial charge in [0.1, 0.15) is 11.6 Å². The molecule has 20 heavy (non-hydrogen) atoms. The van der Waals surface area contributed by atoms with Gasteiger partial charge in [-0.1, -0.05) is 19.4 Å². The molecular weight excluding hydrogens is 255 g/mol. The first kappa shape index (κ1) is 15.3. The summed E-state index contributed by atoms with van der Waals surface area (Å²) in [5.41, 5.74) is 0.751. The van der Waals surface area contributed by atoms with Crippen molar-refractivity contribution in [1.82, 2.24) is 10.2 Å². The van der Waals surface area contributed by atoms with Crippen molar-refractivity contribution in [1.29, 1.82) is 0 Å². The molecule has 0 amide bonds. The van der Waals surface area contributed by atoms with Gasteiger partial charge in [-0.15, -0.1) is 0 Å². The highest BCUT2D eigenvalue weighted by Gasteiger charge is 2.25. The minimum Gasteiger partial charge on any atom is -0.497 e. The number of methoxy groups -OCH3 is 1. The zero-order valence-corrected chi connectivity index (χ0v) is 12.7. The summed E-state index contributed by atoms with van der Waals surface area (Å²) >= 11 is 0. The highest BCUT2D eigenvalue weighted by Crippen LogP contribution is 2.21. The molecule has 2 unspecified atom stereocenters. The van der Waals surface area contributed by atoms with Gasteiger partial charge in [0, 0.05) is 43.3 Å². The van der Waals surface area contributed by atoms with E-state index in [0.29, 0.717) is 24.4 Å². The second-order valence-electron chi connectivity index (χ2n) is 5.64. The van der Waals surface area contributed by atoms with Crippen LogP contribution in [0.15, 0.2) is 18.2 Å². The van der Waals surface area contributed by atoms with Crippen LogP contribution in [0, 0.1) is 5.82 Å². The Morgan fingerprint density at radius 2 is 2.25 bits per heavy atom. The SMILES string of the molecule is CCCC1CNC(C)CN1Cc1ccc(OC)cc1F. The standard InChI is InChI=1S/C16H25FN2O/c1-4-5-14-9-18-12(2)10-19(14)11-13-6-7-15(20-3)8-16(13)17/h6-8,12,14,18H,4-5,9-11H2,1-3H3. The van der Waals surface area contributed by atoms with Crippen molar-refractivity contribution in [2.24, 2.45) is 0 Å². The lowest BCUT2D eigenvalue weighted by Crippen LogP contribution is -2.54. The number of rotatable bonds is 5. The smallest absolute Gasteiger partial charge is 0.131 e. The Balaban J connectivity index is 2.09. The highest BCUT2D eigenvalue weighted by molar-refractivity contribution is 5.29. The summed E-state index contributed by atoms with van der Waals surface area (Å²) in [5.74, 6) is 0.399. The number of ether oxygens (including phenoxy) is 1. The first-order valence-corrected chi connectivity index (χ1v) is 7.44. The van der Waals surface area contributed by atoms with Crippen molar-refractivity contribution in [3.63, 3.8) is 0 Å². The molecule has 4 heteroatoms. The van der Waals surface area contributed by atoms with Gasteiger partial charge in [-0.05, 0) is 19.4 Å². The largest absolute Gasteiger partial charge is 0.497 e. The second kappa shape index (κ2) is 7.04. The average Bonchev–Trinajstić information content (AvgIpc) is 2.44. The van der Waals surface area contributed by atoms with Crippen LogP contribution in [0.3, 0.4) is 0 Å². The fourth-order valence-corrected chi connectivity index (χ4v) is 2.85. The quantitative estimate of drug-likeness (QED) is 0.897. The second-order valence-corrected chi connectivity index (χ2v) is 5.64. The number of nitrogens with one attached hydrogen (secondary N) is 1. The number of hydrogen-bond acceptors (Lipinski definition) is 3. The minimum atomic E-state index is -0.175. The van der Waals surface area contributed by atoms with Gasteiger partial charge in [-0.2, -0.15) is 0 Å². The van der Waals surface area contributed by atoms with E-state index >= 15 is 0 Å². The zero-order valence-electron chi connectivity index (χ0n) is 12.7. The minimum absolute atomic E-state index is 0.175. The molecule has 1 aliphatic rings. The first-order valence-electron chi connectivity index (χ1n) is 7.44. The summed E-state index contributed by atoms with van der Waals surface area (Å²) in [6.07, 6.45) is 2.31. The van der Waals surface area contributed by atoms with E-state index in [1.165, 1.54) is 6.07 Å². The van der Waals surface area contributed by atoms with Gasteiger partial charge in [-0.25, -0.2) is 4.39 Å². The molecule has 1 saturated heterocycles. The first-order chi connectivity index (χ1) is 9.63. The van der Waals surface area contributed by atoms with Crippen LogP contribution in [-0.2, 0) is 6.54 Å². The van der Waals surface area contributed by atoms with Crippen molar-refractivity contribution in [2.75, 3.05) is 20.2 Å². The molecule has 1 heterocycles. The van der Waals surface area contributed by atoms with Crippen LogP contribution in [0.2, 0.25) is 0 Å². The van der Waals surface area contributed by atoms with Crippen LogP contribution < -0.4 is 10.1 Å². The molecule has 1 N–H and O–H groups in total. The van der Waals surface area contributed by atoms with Gasteiger partial charge in [0.25, 0.3) is 0 Å². The summed E-state index contributed by atoms with van der Waals surface area (Å²) in [4.78, 5) is 2.40. The molecule has 112 valence electrons. The Kier molecular flexibility index (Phi) is 5.38. The summed E-state index contributed by atoms with van der Waals surface area (Å²) in [7, 11) is 1.56. The summed E-state index contributed by atoms with van der Waals surface area (Å²) in [6.45, 7) is 7.01. The lowest BCUT2D eigenvalue weighted by Gasteiger charge is -2.39. The van der Waals surface area contributed by atoms with Crippen LogP contribution in [-0.4, -0.2) is 37.2 Å². The fraction of sp³-hybridized carbons (Fsp3) is 0.625. The number of hydrogen-bond donors (Lipinski definition) is 1. The zero-order chi connectivity index (χ0) is 14.5. The van der Waals surface area contributed by atoms with E-state index in [4.69, 9.17) is 4.74 Å². The van der Waals surface area contributed by atoms with E-state index in [1.54, 1.807) is 7.11 Å². The average molecular weight is 280 g/mol. The predicted octanol–water partition coefficient (Wildman–Crippen LogP) is 2.80. The Hall–Kier alpha value is -1.13. The number of nitrogens with zero attached hydrogens (tertiary/aromatic N) is 1. The topological polar surface area (TPSA) is 24.5 Å². The normalized spacial score (nSPS) is 23.8. The fourth-order valence-electron chi connectivity index (χ4n) is 2.85. The Morgan fingerprint density at radius 3 is 2.90 bits per heavy atom. The number of piperazine rings is 1. The summed E-state index contributed by atoms with van der Waals surface area (Å²) in [6, 6.07) is 6.10. The van der Waals surface area contributed by atoms with E-state index in [1.807, 2.05) is 12.1 Å². The molecule has 1 aliphatic heterocycles. The molecule has 0 saturated carbocycles. The lowest BCUT2D eigenvalue weighted by molar-refractivity contribution is 0.118. The molecule has 1 fully saturated rings. The van der Waals surface area contributed by atoms with Crippen molar-refractivity contribution >= 4 is 0 Å². The molecule has 3 nitrogen and oxygen atoms in total. The van der Waals surface area contributed by atoms with E-state index in [-0.39, 0.29) is 5.82 Å². The third-order valence-corrected chi connectivity index (χ3v) is 3.98. The molecule has 0 spiro atoms. The molecule has 0 bridgehead atoms. The predicted molar refractivity (Wildman–Crippen MR) is 79.5 cm³/mol. The number of halogens is 1. The maximum Gasteiger partial charge on any atom is 0.131 e. The Morgan fingerprint density at radius 1 is 1.45 bits per heavy atom. The van der Waals surface area contributed by atoms with Crippen LogP contribution in [0.25, 0.3) is 0 Å². The molecule has 1 aromatic carbocycles. The maximum atomic E-state index is 14.1. The van der Waals surface area contributed by atoms with Crippen LogP contribution in [0.4, 0.5) is 4.39 Å². The highest BCUT2D eigenvalue weighted by atomic mass is 19.1. The maximum absolute atomic E-state index is 14.1. The number of benzene rings is 1. The Labute approximate surface area is 121 Å². The van der Waals surface area contributed by atoms with Gasteiger partial charge in [0.05, 0.1) is 7.11 Å². The van der Waals surface area contributed by atoms with Gasteiger partial charge in [0.15, 0.2) is 0 Å². The molecular formula is C16H25FN2O. The van der Waals surface area contributed by atoms with Gasteiger partial charge >= 0.3 is 0 Å².